The normalized spacial score (nSPS) is 12.7. The first-order chi connectivity index (χ1) is 9.78. The molecule has 3 rings (SSSR count). The molecule has 3 aromatic rings. The van der Waals surface area contributed by atoms with Crippen molar-refractivity contribution < 1.29 is 4.52 Å². The maximum atomic E-state index is 5.35. The van der Waals surface area contributed by atoms with Gasteiger partial charge in [-0.15, -0.1) is 0 Å². The van der Waals surface area contributed by atoms with Crippen LogP contribution in [-0.2, 0) is 6.42 Å². The van der Waals surface area contributed by atoms with E-state index in [2.05, 4.69) is 27.4 Å². The van der Waals surface area contributed by atoms with Crippen LogP contribution in [-0.4, -0.2) is 28.2 Å². The van der Waals surface area contributed by atoms with Gasteiger partial charge in [0.2, 0.25) is 0 Å². The fourth-order valence-corrected chi connectivity index (χ4v) is 2.10. The molecule has 0 aliphatic carbocycles. The maximum Gasteiger partial charge on any atom is 0.277 e. The lowest BCUT2D eigenvalue weighted by Gasteiger charge is -2.04. The van der Waals surface area contributed by atoms with Gasteiger partial charge in [-0.25, -0.2) is 0 Å². The van der Waals surface area contributed by atoms with Crippen LogP contribution in [0.3, 0.4) is 0 Å². The Bertz CT molecular complexity index is 717. The molecule has 0 fully saturated rings. The maximum absolute atomic E-state index is 5.35. The lowest BCUT2D eigenvalue weighted by molar-refractivity contribution is 0.417. The topological polar surface area (TPSA) is 63.8 Å². The second-order valence-corrected chi connectivity index (χ2v) is 4.79. The molecule has 0 radical (unpaired) electrons. The highest BCUT2D eigenvalue weighted by molar-refractivity contribution is 5.92. The predicted octanol–water partition coefficient (Wildman–Crippen LogP) is 2.44. The summed E-state index contributed by atoms with van der Waals surface area (Å²) in [7, 11) is 1.91. The summed E-state index contributed by atoms with van der Waals surface area (Å²) in [4.78, 5) is 8.82. The van der Waals surface area contributed by atoms with Crippen LogP contribution in [0.15, 0.2) is 41.1 Å². The minimum Gasteiger partial charge on any atom is -0.332 e. The van der Waals surface area contributed by atoms with E-state index in [-0.39, 0.29) is 0 Å². The van der Waals surface area contributed by atoms with E-state index in [4.69, 9.17) is 4.52 Å². The largest absolute Gasteiger partial charge is 0.332 e. The molecular formula is C15H16N4O. The Morgan fingerprint density at radius 3 is 2.95 bits per heavy atom. The van der Waals surface area contributed by atoms with Gasteiger partial charge in [0.05, 0.1) is 0 Å². The van der Waals surface area contributed by atoms with Gasteiger partial charge in [0.1, 0.15) is 5.69 Å². The Morgan fingerprint density at radius 1 is 1.25 bits per heavy atom. The van der Waals surface area contributed by atoms with E-state index in [9.17, 15) is 0 Å². The molecule has 0 saturated carbocycles. The van der Waals surface area contributed by atoms with Gasteiger partial charge >= 0.3 is 0 Å². The molecule has 0 aliphatic heterocycles. The summed E-state index contributed by atoms with van der Waals surface area (Å²) in [6.45, 7) is 2.08. The van der Waals surface area contributed by atoms with Crippen LogP contribution in [0.2, 0.25) is 0 Å². The molecule has 0 saturated heterocycles. The third-order valence-electron chi connectivity index (χ3n) is 3.33. The minimum absolute atomic E-state index is 0.306. The number of aromatic nitrogens is 3. The molecular weight excluding hydrogens is 252 g/mol. The molecule has 1 unspecified atom stereocenters. The average molecular weight is 268 g/mol. The number of rotatable bonds is 4. The molecule has 1 N–H and O–H groups in total. The number of benzene rings is 1. The highest BCUT2D eigenvalue weighted by Gasteiger charge is 2.14. The molecule has 5 nitrogen and oxygen atoms in total. The van der Waals surface area contributed by atoms with Crippen molar-refractivity contribution in [1.29, 1.82) is 0 Å². The summed E-state index contributed by atoms with van der Waals surface area (Å²) < 4.78 is 5.35. The molecule has 20 heavy (non-hydrogen) atoms. The molecule has 1 atom stereocenters. The third-order valence-corrected chi connectivity index (χ3v) is 3.33. The van der Waals surface area contributed by atoms with Crippen LogP contribution in [0, 0.1) is 0 Å². The van der Waals surface area contributed by atoms with E-state index < -0.39 is 0 Å². The molecule has 2 heterocycles. The smallest absolute Gasteiger partial charge is 0.277 e. The second kappa shape index (κ2) is 5.38. The van der Waals surface area contributed by atoms with Crippen LogP contribution >= 0.6 is 0 Å². The monoisotopic (exact) mass is 268 g/mol. The van der Waals surface area contributed by atoms with Crippen molar-refractivity contribution in [2.24, 2.45) is 0 Å². The van der Waals surface area contributed by atoms with E-state index in [0.717, 1.165) is 22.9 Å². The number of nitrogens with zero attached hydrogens (tertiary/aromatic N) is 3. The summed E-state index contributed by atoms with van der Waals surface area (Å²) in [6, 6.07) is 10.3. The van der Waals surface area contributed by atoms with Crippen LogP contribution in [0.1, 0.15) is 12.7 Å². The van der Waals surface area contributed by atoms with Crippen LogP contribution in [0.4, 0.5) is 0 Å². The van der Waals surface area contributed by atoms with Gasteiger partial charge in [-0.1, -0.05) is 29.4 Å². The zero-order valence-corrected chi connectivity index (χ0v) is 11.5. The molecule has 1 aromatic carbocycles. The van der Waals surface area contributed by atoms with Crippen molar-refractivity contribution in [3.63, 3.8) is 0 Å². The average Bonchev–Trinajstić information content (AvgIpc) is 2.94. The SMILES string of the molecule is CNC(C)Cc1noc(-c2nccc3ccccc23)n1. The van der Waals surface area contributed by atoms with Crippen LogP contribution in [0.5, 0.6) is 0 Å². The van der Waals surface area contributed by atoms with Crippen LogP contribution in [0.25, 0.3) is 22.4 Å². The lowest BCUT2D eigenvalue weighted by atomic mass is 10.1. The Labute approximate surface area is 117 Å². The van der Waals surface area contributed by atoms with Gasteiger partial charge in [-0.3, -0.25) is 4.98 Å². The zero-order valence-electron chi connectivity index (χ0n) is 11.5. The Kier molecular flexibility index (Phi) is 3.43. The van der Waals surface area contributed by atoms with Gasteiger partial charge in [-0.05, 0) is 25.4 Å². The fraction of sp³-hybridized carbons (Fsp3) is 0.267. The molecule has 102 valence electrons. The minimum atomic E-state index is 0.306. The summed E-state index contributed by atoms with van der Waals surface area (Å²) in [5.74, 6) is 1.16. The Balaban J connectivity index is 1.99. The zero-order chi connectivity index (χ0) is 13.9. The number of hydrogen-bond donors (Lipinski definition) is 1. The van der Waals surface area contributed by atoms with Gasteiger partial charge in [0.15, 0.2) is 5.82 Å². The number of nitrogens with one attached hydrogen (secondary N) is 1. The van der Waals surface area contributed by atoms with E-state index in [1.807, 2.05) is 37.4 Å². The van der Waals surface area contributed by atoms with Crippen molar-refractivity contribution in [3.8, 4) is 11.6 Å². The first kappa shape index (κ1) is 12.7. The Hall–Kier alpha value is -2.27. The third kappa shape index (κ3) is 2.40. The lowest BCUT2D eigenvalue weighted by Crippen LogP contribution is -2.24. The molecule has 5 heteroatoms. The quantitative estimate of drug-likeness (QED) is 0.787. The summed E-state index contributed by atoms with van der Waals surface area (Å²) >= 11 is 0. The van der Waals surface area contributed by atoms with Crippen molar-refractivity contribution in [2.45, 2.75) is 19.4 Å². The van der Waals surface area contributed by atoms with Gasteiger partial charge < -0.3 is 9.84 Å². The van der Waals surface area contributed by atoms with E-state index in [0.29, 0.717) is 17.8 Å². The summed E-state index contributed by atoms with van der Waals surface area (Å²) in [6.07, 6.45) is 2.49. The van der Waals surface area contributed by atoms with Gasteiger partial charge in [0, 0.05) is 24.0 Å². The van der Waals surface area contributed by atoms with E-state index in [1.165, 1.54) is 0 Å². The van der Waals surface area contributed by atoms with Gasteiger partial charge in [0.25, 0.3) is 5.89 Å². The van der Waals surface area contributed by atoms with Crippen LogP contribution < -0.4 is 5.32 Å². The fourth-order valence-electron chi connectivity index (χ4n) is 2.10. The highest BCUT2D eigenvalue weighted by Crippen LogP contribution is 2.24. The first-order valence-corrected chi connectivity index (χ1v) is 6.62. The highest BCUT2D eigenvalue weighted by atomic mass is 16.5. The number of hydrogen-bond acceptors (Lipinski definition) is 5. The standard InChI is InChI=1S/C15H16N4O/c1-10(16-2)9-13-18-15(20-19-13)14-12-6-4-3-5-11(12)7-8-17-14/h3-8,10,16H,9H2,1-2H3. The number of pyridine rings is 1. The van der Waals surface area contributed by atoms with Crippen molar-refractivity contribution in [1.82, 2.24) is 20.4 Å². The van der Waals surface area contributed by atoms with Gasteiger partial charge in [-0.2, -0.15) is 4.98 Å². The molecule has 0 spiro atoms. The van der Waals surface area contributed by atoms with E-state index >= 15 is 0 Å². The molecule has 2 aromatic heterocycles. The summed E-state index contributed by atoms with van der Waals surface area (Å²) in [5, 5.41) is 9.31. The predicted molar refractivity (Wildman–Crippen MR) is 77.3 cm³/mol. The van der Waals surface area contributed by atoms with E-state index in [1.54, 1.807) is 6.20 Å². The number of likely N-dealkylation sites (N-methyl/N-ethyl adjacent to an activating group) is 1. The molecule has 0 bridgehead atoms. The second-order valence-electron chi connectivity index (χ2n) is 4.79. The summed E-state index contributed by atoms with van der Waals surface area (Å²) in [5.41, 5.74) is 0.735. The van der Waals surface area contributed by atoms with Crippen molar-refractivity contribution in [2.75, 3.05) is 7.05 Å². The van der Waals surface area contributed by atoms with Crippen molar-refractivity contribution >= 4 is 10.8 Å². The number of fused-ring (bicyclic) bond motifs is 1. The van der Waals surface area contributed by atoms with Crippen molar-refractivity contribution in [3.05, 3.63) is 42.4 Å². The Morgan fingerprint density at radius 2 is 2.10 bits per heavy atom. The molecule has 0 aliphatic rings. The molecule has 0 amide bonds. The first-order valence-electron chi connectivity index (χ1n) is 6.62.